The Balaban J connectivity index is 1.46. The minimum atomic E-state index is -0.334. The van der Waals surface area contributed by atoms with Crippen LogP contribution < -0.4 is 15.4 Å². The lowest BCUT2D eigenvalue weighted by Gasteiger charge is -2.09. The second-order valence-electron chi connectivity index (χ2n) is 6.10. The lowest BCUT2D eigenvalue weighted by atomic mass is 10.2. The zero-order chi connectivity index (χ0) is 19.3. The van der Waals surface area contributed by atoms with E-state index in [9.17, 15) is 4.79 Å². The molecule has 0 unspecified atom stereocenters. The van der Waals surface area contributed by atoms with Gasteiger partial charge in [0.1, 0.15) is 11.3 Å². The van der Waals surface area contributed by atoms with Crippen molar-refractivity contribution in [2.24, 2.45) is 0 Å². The van der Waals surface area contributed by atoms with E-state index in [1.807, 2.05) is 67.6 Å². The molecule has 2 N–H and O–H groups in total. The van der Waals surface area contributed by atoms with Crippen molar-refractivity contribution in [3.8, 4) is 17.2 Å². The number of oxazole rings is 1. The van der Waals surface area contributed by atoms with Gasteiger partial charge >= 0.3 is 6.03 Å². The van der Waals surface area contributed by atoms with Crippen molar-refractivity contribution < 1.29 is 13.9 Å². The number of nitrogens with zero attached hydrogens (tertiary/aromatic N) is 1. The predicted molar refractivity (Wildman–Crippen MR) is 110 cm³/mol. The van der Waals surface area contributed by atoms with E-state index in [0.717, 1.165) is 22.4 Å². The van der Waals surface area contributed by atoms with Crippen LogP contribution in [0.5, 0.6) is 5.75 Å². The molecule has 140 valence electrons. The highest BCUT2D eigenvalue weighted by Crippen LogP contribution is 2.26. The molecule has 3 aromatic carbocycles. The number of anilines is 2. The number of hydrogen-bond donors (Lipinski definition) is 2. The molecule has 0 fully saturated rings. The van der Waals surface area contributed by atoms with Crippen molar-refractivity contribution in [1.29, 1.82) is 0 Å². The molecule has 4 rings (SSSR count). The first kappa shape index (κ1) is 17.6. The number of carbonyl (C=O) groups is 1. The van der Waals surface area contributed by atoms with Gasteiger partial charge in [-0.25, -0.2) is 9.78 Å². The summed E-state index contributed by atoms with van der Waals surface area (Å²) in [7, 11) is 0. The zero-order valence-electron chi connectivity index (χ0n) is 15.3. The Hall–Kier alpha value is -3.80. The molecule has 6 nitrogen and oxygen atoms in total. The Labute approximate surface area is 162 Å². The number of benzene rings is 3. The van der Waals surface area contributed by atoms with E-state index in [4.69, 9.17) is 9.15 Å². The summed E-state index contributed by atoms with van der Waals surface area (Å²) in [6.45, 7) is 2.53. The summed E-state index contributed by atoms with van der Waals surface area (Å²) >= 11 is 0. The van der Waals surface area contributed by atoms with E-state index in [1.165, 1.54) is 0 Å². The van der Waals surface area contributed by atoms with Crippen LogP contribution in [0.3, 0.4) is 0 Å². The van der Waals surface area contributed by atoms with Crippen molar-refractivity contribution in [2.75, 3.05) is 17.2 Å². The zero-order valence-corrected chi connectivity index (χ0v) is 15.3. The van der Waals surface area contributed by atoms with Gasteiger partial charge in [0.05, 0.1) is 6.61 Å². The van der Waals surface area contributed by atoms with Gasteiger partial charge in [0, 0.05) is 16.9 Å². The molecule has 0 aliphatic rings. The average molecular weight is 373 g/mol. The molecule has 1 aromatic heterocycles. The van der Waals surface area contributed by atoms with Gasteiger partial charge in [-0.3, -0.25) is 0 Å². The quantitative estimate of drug-likeness (QED) is 0.482. The maximum absolute atomic E-state index is 12.3. The monoisotopic (exact) mass is 373 g/mol. The van der Waals surface area contributed by atoms with E-state index in [-0.39, 0.29) is 6.03 Å². The van der Waals surface area contributed by atoms with Crippen LogP contribution in [0, 0.1) is 0 Å². The Morgan fingerprint density at radius 2 is 1.75 bits per heavy atom. The molecule has 2 amide bonds. The van der Waals surface area contributed by atoms with E-state index < -0.39 is 0 Å². The third kappa shape index (κ3) is 3.96. The Bertz CT molecular complexity index is 1070. The summed E-state index contributed by atoms with van der Waals surface area (Å²) < 4.78 is 11.2. The van der Waals surface area contributed by atoms with E-state index in [2.05, 4.69) is 15.6 Å². The van der Waals surface area contributed by atoms with Crippen molar-refractivity contribution in [2.45, 2.75) is 6.92 Å². The topological polar surface area (TPSA) is 76.4 Å². The largest absolute Gasteiger partial charge is 0.494 e. The van der Waals surface area contributed by atoms with E-state index in [1.54, 1.807) is 12.1 Å². The first-order chi connectivity index (χ1) is 13.7. The molecule has 0 saturated heterocycles. The fourth-order valence-corrected chi connectivity index (χ4v) is 2.82. The summed E-state index contributed by atoms with van der Waals surface area (Å²) in [5, 5.41) is 5.62. The molecule has 4 aromatic rings. The lowest BCUT2D eigenvalue weighted by Crippen LogP contribution is -2.19. The lowest BCUT2D eigenvalue weighted by molar-refractivity contribution is 0.262. The maximum atomic E-state index is 12.3. The van der Waals surface area contributed by atoms with Crippen LogP contribution in [0.4, 0.5) is 16.2 Å². The summed E-state index contributed by atoms with van der Waals surface area (Å²) in [6, 6.07) is 21.8. The minimum absolute atomic E-state index is 0.334. The van der Waals surface area contributed by atoms with Crippen LogP contribution in [0.1, 0.15) is 6.92 Å². The van der Waals surface area contributed by atoms with Gasteiger partial charge in [0.25, 0.3) is 0 Å². The Kier molecular flexibility index (Phi) is 4.93. The maximum Gasteiger partial charge on any atom is 0.323 e. The van der Waals surface area contributed by atoms with Crippen LogP contribution in [-0.2, 0) is 0 Å². The minimum Gasteiger partial charge on any atom is -0.494 e. The fraction of sp³-hybridized carbons (Fsp3) is 0.0909. The number of aromatic nitrogens is 1. The number of amides is 2. The molecule has 0 atom stereocenters. The summed E-state index contributed by atoms with van der Waals surface area (Å²) in [6.07, 6.45) is 0. The van der Waals surface area contributed by atoms with Gasteiger partial charge < -0.3 is 19.8 Å². The number of fused-ring (bicyclic) bond motifs is 1. The molecule has 0 radical (unpaired) electrons. The van der Waals surface area contributed by atoms with Crippen LogP contribution in [0.2, 0.25) is 0 Å². The van der Waals surface area contributed by atoms with Crippen molar-refractivity contribution in [3.05, 3.63) is 72.8 Å². The van der Waals surface area contributed by atoms with Gasteiger partial charge in [-0.05, 0) is 61.5 Å². The Morgan fingerprint density at radius 1 is 0.964 bits per heavy atom. The highest BCUT2D eigenvalue weighted by atomic mass is 16.5. The van der Waals surface area contributed by atoms with Crippen molar-refractivity contribution in [1.82, 2.24) is 4.98 Å². The summed E-state index contributed by atoms with van der Waals surface area (Å²) in [4.78, 5) is 16.8. The highest BCUT2D eigenvalue weighted by Gasteiger charge is 2.09. The number of ether oxygens (including phenoxy) is 1. The van der Waals surface area contributed by atoms with Crippen molar-refractivity contribution >= 4 is 28.5 Å². The first-order valence-electron chi connectivity index (χ1n) is 8.98. The molecule has 0 aliphatic heterocycles. The second-order valence-corrected chi connectivity index (χ2v) is 6.10. The second kappa shape index (κ2) is 7.84. The predicted octanol–water partition coefficient (Wildman–Crippen LogP) is 5.54. The van der Waals surface area contributed by atoms with Crippen molar-refractivity contribution in [3.63, 3.8) is 0 Å². The SMILES string of the molecule is CCOc1ccc(NC(=O)Nc2cccc(-c3nc4ccccc4o3)c2)cc1. The molecule has 0 aliphatic carbocycles. The first-order valence-corrected chi connectivity index (χ1v) is 8.98. The molecule has 1 heterocycles. The normalized spacial score (nSPS) is 10.6. The van der Waals surface area contributed by atoms with Crippen LogP contribution in [0.15, 0.2) is 77.2 Å². The molecular weight excluding hydrogens is 354 g/mol. The van der Waals surface area contributed by atoms with Crippen LogP contribution in [0.25, 0.3) is 22.6 Å². The number of rotatable bonds is 5. The van der Waals surface area contributed by atoms with Gasteiger partial charge in [0.2, 0.25) is 5.89 Å². The number of nitrogens with one attached hydrogen (secondary N) is 2. The summed E-state index contributed by atoms with van der Waals surface area (Å²) in [5.74, 6) is 1.27. The molecule has 0 saturated carbocycles. The van der Waals surface area contributed by atoms with E-state index >= 15 is 0 Å². The smallest absolute Gasteiger partial charge is 0.323 e. The molecular formula is C22H19N3O3. The average Bonchev–Trinajstić information content (AvgIpc) is 3.14. The van der Waals surface area contributed by atoms with Crippen LogP contribution in [-0.4, -0.2) is 17.6 Å². The third-order valence-corrected chi connectivity index (χ3v) is 4.08. The highest BCUT2D eigenvalue weighted by molar-refractivity contribution is 6.00. The van der Waals surface area contributed by atoms with E-state index in [0.29, 0.717) is 23.9 Å². The summed E-state index contributed by atoms with van der Waals surface area (Å²) in [5.41, 5.74) is 3.63. The van der Waals surface area contributed by atoms with Gasteiger partial charge in [-0.1, -0.05) is 18.2 Å². The number of hydrogen-bond acceptors (Lipinski definition) is 4. The fourth-order valence-electron chi connectivity index (χ4n) is 2.82. The van der Waals surface area contributed by atoms with Gasteiger partial charge in [-0.2, -0.15) is 0 Å². The molecule has 6 heteroatoms. The molecule has 0 spiro atoms. The number of urea groups is 1. The molecule has 0 bridgehead atoms. The van der Waals surface area contributed by atoms with Gasteiger partial charge in [-0.15, -0.1) is 0 Å². The third-order valence-electron chi connectivity index (χ3n) is 4.08. The van der Waals surface area contributed by atoms with Crippen LogP contribution >= 0.6 is 0 Å². The standard InChI is InChI=1S/C22H19N3O3/c1-2-27-18-12-10-16(11-13-18)23-22(26)24-17-7-5-6-15(14-17)21-25-19-8-3-4-9-20(19)28-21/h3-14H,2H2,1H3,(H2,23,24,26). The van der Waals surface area contributed by atoms with Gasteiger partial charge in [0.15, 0.2) is 5.58 Å². The molecule has 28 heavy (non-hydrogen) atoms. The number of carbonyl (C=O) groups excluding carboxylic acids is 1. The number of para-hydroxylation sites is 2. The Morgan fingerprint density at radius 3 is 2.54 bits per heavy atom.